The maximum atomic E-state index is 13.6. The summed E-state index contributed by atoms with van der Waals surface area (Å²) in [6.07, 6.45) is 3.62. The van der Waals surface area contributed by atoms with Crippen LogP contribution in [0.5, 0.6) is 0 Å². The summed E-state index contributed by atoms with van der Waals surface area (Å²) in [6.45, 7) is 4.41. The number of rotatable bonds is 3. The van der Waals surface area contributed by atoms with Gasteiger partial charge in [0.2, 0.25) is 0 Å². The maximum absolute atomic E-state index is 13.6. The molecular weight excluding hydrogens is 219 g/mol. The number of aliphatic hydroxyl groups excluding tert-OH is 1. The quantitative estimate of drug-likeness (QED) is 0.886. The second-order valence-electron chi connectivity index (χ2n) is 4.00. The highest BCUT2D eigenvalue weighted by atomic mass is 19.1. The SMILES string of the molecule is CCn1cc(-c2cc(F)c(CO)cc2C)cn1. The summed E-state index contributed by atoms with van der Waals surface area (Å²) in [6, 6.07) is 3.13. The lowest BCUT2D eigenvalue weighted by Crippen LogP contribution is -1.94. The molecule has 90 valence electrons. The molecule has 0 unspecified atom stereocenters. The van der Waals surface area contributed by atoms with Crippen LogP contribution >= 0.6 is 0 Å². The molecule has 0 aliphatic rings. The van der Waals surface area contributed by atoms with E-state index in [1.165, 1.54) is 6.07 Å². The van der Waals surface area contributed by atoms with Gasteiger partial charge in [-0.25, -0.2) is 4.39 Å². The van der Waals surface area contributed by atoms with Gasteiger partial charge in [-0.05, 0) is 31.0 Å². The van der Waals surface area contributed by atoms with Crippen molar-refractivity contribution in [2.75, 3.05) is 0 Å². The zero-order chi connectivity index (χ0) is 12.4. The monoisotopic (exact) mass is 234 g/mol. The molecule has 1 aromatic carbocycles. The predicted molar refractivity (Wildman–Crippen MR) is 64.0 cm³/mol. The molecule has 0 saturated heterocycles. The van der Waals surface area contributed by atoms with Crippen molar-refractivity contribution in [2.24, 2.45) is 0 Å². The van der Waals surface area contributed by atoms with Crippen LogP contribution in [0.2, 0.25) is 0 Å². The predicted octanol–water partition coefficient (Wildman–Crippen LogP) is 2.51. The Bertz CT molecular complexity index is 534. The number of aryl methyl sites for hydroxylation is 2. The van der Waals surface area contributed by atoms with E-state index in [2.05, 4.69) is 5.10 Å². The molecule has 4 heteroatoms. The van der Waals surface area contributed by atoms with Crippen LogP contribution < -0.4 is 0 Å². The highest BCUT2D eigenvalue weighted by Gasteiger charge is 2.09. The van der Waals surface area contributed by atoms with Crippen molar-refractivity contribution >= 4 is 0 Å². The summed E-state index contributed by atoms with van der Waals surface area (Å²) < 4.78 is 15.4. The van der Waals surface area contributed by atoms with Gasteiger partial charge in [0.05, 0.1) is 12.8 Å². The largest absolute Gasteiger partial charge is 0.392 e. The number of nitrogens with zero attached hydrogens (tertiary/aromatic N) is 2. The summed E-state index contributed by atoms with van der Waals surface area (Å²) in [5.41, 5.74) is 2.98. The third-order valence-electron chi connectivity index (χ3n) is 2.83. The Kier molecular flexibility index (Phi) is 3.24. The lowest BCUT2D eigenvalue weighted by Gasteiger charge is -2.07. The second-order valence-corrected chi connectivity index (χ2v) is 4.00. The first-order chi connectivity index (χ1) is 8.15. The Morgan fingerprint density at radius 1 is 1.41 bits per heavy atom. The molecule has 0 fully saturated rings. The molecule has 1 aromatic heterocycles. The van der Waals surface area contributed by atoms with Gasteiger partial charge in [-0.15, -0.1) is 0 Å². The summed E-state index contributed by atoms with van der Waals surface area (Å²) in [7, 11) is 0. The van der Waals surface area contributed by atoms with E-state index < -0.39 is 0 Å². The van der Waals surface area contributed by atoms with Crippen molar-refractivity contribution in [3.05, 3.63) is 41.5 Å². The normalized spacial score (nSPS) is 10.8. The van der Waals surface area contributed by atoms with Gasteiger partial charge in [0.1, 0.15) is 5.82 Å². The lowest BCUT2D eigenvalue weighted by molar-refractivity contribution is 0.275. The van der Waals surface area contributed by atoms with Crippen LogP contribution in [0, 0.1) is 12.7 Å². The minimum Gasteiger partial charge on any atom is -0.392 e. The van der Waals surface area contributed by atoms with E-state index in [1.807, 2.05) is 20.0 Å². The first-order valence-electron chi connectivity index (χ1n) is 5.58. The van der Waals surface area contributed by atoms with E-state index in [1.54, 1.807) is 16.9 Å². The average molecular weight is 234 g/mol. The maximum Gasteiger partial charge on any atom is 0.129 e. The van der Waals surface area contributed by atoms with Crippen molar-refractivity contribution in [1.82, 2.24) is 9.78 Å². The Morgan fingerprint density at radius 3 is 2.76 bits per heavy atom. The van der Waals surface area contributed by atoms with E-state index in [0.29, 0.717) is 5.56 Å². The van der Waals surface area contributed by atoms with Crippen LogP contribution in [0.4, 0.5) is 4.39 Å². The number of hydrogen-bond donors (Lipinski definition) is 1. The molecule has 2 aromatic rings. The highest BCUT2D eigenvalue weighted by molar-refractivity contribution is 5.66. The topological polar surface area (TPSA) is 38.0 Å². The molecule has 0 aliphatic heterocycles. The number of aliphatic hydroxyl groups is 1. The van der Waals surface area contributed by atoms with Crippen molar-refractivity contribution in [1.29, 1.82) is 0 Å². The van der Waals surface area contributed by atoms with Gasteiger partial charge in [0.25, 0.3) is 0 Å². The fraction of sp³-hybridized carbons (Fsp3) is 0.308. The summed E-state index contributed by atoms with van der Waals surface area (Å²) in [5, 5.41) is 13.2. The molecule has 0 aliphatic carbocycles. The first-order valence-corrected chi connectivity index (χ1v) is 5.58. The Hall–Kier alpha value is -1.68. The number of benzene rings is 1. The van der Waals surface area contributed by atoms with Crippen LogP contribution in [-0.4, -0.2) is 14.9 Å². The Morgan fingerprint density at radius 2 is 2.18 bits per heavy atom. The van der Waals surface area contributed by atoms with E-state index in [0.717, 1.165) is 23.2 Å². The Labute approximate surface area is 99.5 Å². The van der Waals surface area contributed by atoms with Crippen LogP contribution in [0.1, 0.15) is 18.1 Å². The molecule has 1 N–H and O–H groups in total. The number of aromatic nitrogens is 2. The van der Waals surface area contributed by atoms with Crippen molar-refractivity contribution < 1.29 is 9.50 Å². The zero-order valence-electron chi connectivity index (χ0n) is 9.94. The van der Waals surface area contributed by atoms with Gasteiger partial charge >= 0.3 is 0 Å². The number of halogens is 1. The van der Waals surface area contributed by atoms with E-state index in [9.17, 15) is 4.39 Å². The molecule has 0 bridgehead atoms. The first kappa shape index (κ1) is 11.8. The summed E-state index contributed by atoms with van der Waals surface area (Å²) in [4.78, 5) is 0. The van der Waals surface area contributed by atoms with Gasteiger partial charge in [-0.2, -0.15) is 5.10 Å². The molecule has 0 spiro atoms. The molecule has 3 nitrogen and oxygen atoms in total. The van der Waals surface area contributed by atoms with E-state index >= 15 is 0 Å². The van der Waals surface area contributed by atoms with Crippen LogP contribution in [0.3, 0.4) is 0 Å². The molecule has 0 radical (unpaired) electrons. The lowest BCUT2D eigenvalue weighted by atomic mass is 10.0. The molecule has 2 rings (SSSR count). The third kappa shape index (κ3) is 2.22. The van der Waals surface area contributed by atoms with Gasteiger partial charge in [0, 0.05) is 23.9 Å². The smallest absolute Gasteiger partial charge is 0.129 e. The van der Waals surface area contributed by atoms with Crippen molar-refractivity contribution in [3.63, 3.8) is 0 Å². The Balaban J connectivity index is 2.48. The highest BCUT2D eigenvalue weighted by Crippen LogP contribution is 2.25. The number of hydrogen-bond acceptors (Lipinski definition) is 2. The summed E-state index contributed by atoms with van der Waals surface area (Å²) >= 11 is 0. The third-order valence-corrected chi connectivity index (χ3v) is 2.83. The fourth-order valence-electron chi connectivity index (χ4n) is 1.85. The van der Waals surface area contributed by atoms with Crippen molar-refractivity contribution in [2.45, 2.75) is 27.0 Å². The molecular formula is C13H15FN2O. The fourth-order valence-corrected chi connectivity index (χ4v) is 1.85. The second kappa shape index (κ2) is 4.67. The summed E-state index contributed by atoms with van der Waals surface area (Å²) in [5.74, 6) is -0.377. The van der Waals surface area contributed by atoms with Gasteiger partial charge in [-0.3, -0.25) is 4.68 Å². The standard InChI is InChI=1S/C13H15FN2O/c1-3-16-7-11(6-15-16)12-5-13(14)10(8-17)4-9(12)2/h4-7,17H,3,8H2,1-2H3. The molecule has 1 heterocycles. The minimum absolute atomic E-state index is 0.277. The molecule has 17 heavy (non-hydrogen) atoms. The van der Waals surface area contributed by atoms with Crippen molar-refractivity contribution in [3.8, 4) is 11.1 Å². The average Bonchev–Trinajstić information content (AvgIpc) is 2.80. The van der Waals surface area contributed by atoms with Crippen LogP contribution in [0.15, 0.2) is 24.5 Å². The van der Waals surface area contributed by atoms with Gasteiger partial charge < -0.3 is 5.11 Å². The van der Waals surface area contributed by atoms with Crippen LogP contribution in [-0.2, 0) is 13.2 Å². The van der Waals surface area contributed by atoms with Gasteiger partial charge in [0.15, 0.2) is 0 Å². The minimum atomic E-state index is -0.377. The zero-order valence-corrected chi connectivity index (χ0v) is 9.94. The van der Waals surface area contributed by atoms with Crippen LogP contribution in [0.25, 0.3) is 11.1 Å². The molecule has 0 saturated carbocycles. The molecule has 0 amide bonds. The molecule has 0 atom stereocenters. The van der Waals surface area contributed by atoms with Gasteiger partial charge in [-0.1, -0.05) is 6.07 Å². The van der Waals surface area contributed by atoms with E-state index in [-0.39, 0.29) is 12.4 Å². The van der Waals surface area contributed by atoms with E-state index in [4.69, 9.17) is 5.11 Å².